The number of nitrogens with one attached hydrogen (secondary N) is 2. The maximum absolute atomic E-state index is 12.2. The number of fused-ring (bicyclic) bond motifs is 1. The summed E-state index contributed by atoms with van der Waals surface area (Å²) < 4.78 is 5.35. The van der Waals surface area contributed by atoms with Gasteiger partial charge in [0, 0.05) is 6.92 Å². The van der Waals surface area contributed by atoms with Gasteiger partial charge in [-0.3, -0.25) is 10.1 Å². The van der Waals surface area contributed by atoms with E-state index in [2.05, 4.69) is 20.3 Å². The molecular formula is C14H14N4O2. The van der Waals surface area contributed by atoms with E-state index in [1.54, 1.807) is 6.92 Å². The van der Waals surface area contributed by atoms with Crippen molar-refractivity contribution in [2.75, 3.05) is 5.32 Å². The Morgan fingerprint density at radius 3 is 2.90 bits per heavy atom. The lowest BCUT2D eigenvalue weighted by Crippen LogP contribution is -2.14. The number of hydrogen-bond acceptors (Lipinski definition) is 4. The minimum Gasteiger partial charge on any atom is -0.436 e. The van der Waals surface area contributed by atoms with Crippen LogP contribution in [-0.2, 0) is 6.42 Å². The highest BCUT2D eigenvalue weighted by Gasteiger charge is 2.18. The summed E-state index contributed by atoms with van der Waals surface area (Å²) in [6.07, 6.45) is 0.639. The molecule has 0 aliphatic heterocycles. The molecule has 0 aliphatic carbocycles. The Morgan fingerprint density at radius 2 is 2.15 bits per heavy atom. The van der Waals surface area contributed by atoms with Crippen molar-refractivity contribution in [2.24, 2.45) is 0 Å². The van der Waals surface area contributed by atoms with Crippen LogP contribution in [0.3, 0.4) is 0 Å². The summed E-state index contributed by atoms with van der Waals surface area (Å²) in [7, 11) is 0. The zero-order valence-electron chi connectivity index (χ0n) is 11.2. The lowest BCUT2D eigenvalue weighted by Gasteiger charge is -1.99. The van der Waals surface area contributed by atoms with Crippen LogP contribution >= 0.6 is 0 Å². The number of rotatable bonds is 3. The van der Waals surface area contributed by atoms with E-state index in [1.165, 1.54) is 0 Å². The Morgan fingerprint density at radius 1 is 1.35 bits per heavy atom. The lowest BCUT2D eigenvalue weighted by molar-refractivity contribution is 0.0993. The number of para-hydroxylation sites is 2. The van der Waals surface area contributed by atoms with Gasteiger partial charge in [-0.05, 0) is 18.6 Å². The summed E-state index contributed by atoms with van der Waals surface area (Å²) in [5.74, 6) is 0.774. The molecule has 6 nitrogen and oxygen atoms in total. The van der Waals surface area contributed by atoms with Crippen molar-refractivity contribution in [1.82, 2.24) is 15.0 Å². The monoisotopic (exact) mass is 270 g/mol. The van der Waals surface area contributed by atoms with Gasteiger partial charge in [0.15, 0.2) is 5.89 Å². The van der Waals surface area contributed by atoms with Crippen LogP contribution in [0.25, 0.3) is 11.0 Å². The minimum atomic E-state index is -0.346. The predicted octanol–water partition coefficient (Wildman–Crippen LogP) is 2.67. The van der Waals surface area contributed by atoms with Gasteiger partial charge < -0.3 is 9.40 Å². The Bertz CT molecular complexity index is 739. The van der Waals surface area contributed by atoms with E-state index in [0.717, 1.165) is 11.0 Å². The molecule has 0 spiro atoms. The highest BCUT2D eigenvalue weighted by atomic mass is 16.4. The first-order chi connectivity index (χ1) is 9.67. The lowest BCUT2D eigenvalue weighted by atomic mass is 10.3. The molecule has 0 bridgehead atoms. The Kier molecular flexibility index (Phi) is 2.98. The van der Waals surface area contributed by atoms with Gasteiger partial charge in [0.1, 0.15) is 0 Å². The number of carbonyl (C=O) groups excluding carboxylic acids is 1. The van der Waals surface area contributed by atoms with Crippen LogP contribution < -0.4 is 5.32 Å². The summed E-state index contributed by atoms with van der Waals surface area (Å²) >= 11 is 0. The number of hydrogen-bond donors (Lipinski definition) is 2. The first-order valence-electron chi connectivity index (χ1n) is 6.39. The number of imidazole rings is 1. The van der Waals surface area contributed by atoms with Crippen molar-refractivity contribution in [3.63, 3.8) is 0 Å². The zero-order valence-corrected chi connectivity index (χ0v) is 11.2. The van der Waals surface area contributed by atoms with E-state index < -0.39 is 0 Å². The third kappa shape index (κ3) is 2.16. The van der Waals surface area contributed by atoms with Crippen LogP contribution in [-0.4, -0.2) is 20.9 Å². The number of anilines is 1. The molecule has 1 aromatic carbocycles. The maximum Gasteiger partial charge on any atom is 0.295 e. The molecule has 2 aromatic heterocycles. The number of amides is 1. The van der Waals surface area contributed by atoms with Crippen molar-refractivity contribution >= 4 is 22.9 Å². The van der Waals surface area contributed by atoms with Gasteiger partial charge in [-0.2, -0.15) is 0 Å². The number of carbonyl (C=O) groups is 1. The van der Waals surface area contributed by atoms with Crippen LogP contribution in [0.5, 0.6) is 0 Å². The molecule has 20 heavy (non-hydrogen) atoms. The number of aromatic nitrogens is 3. The summed E-state index contributed by atoms with van der Waals surface area (Å²) in [6, 6.07) is 7.57. The van der Waals surface area contributed by atoms with Crippen LogP contribution in [0, 0.1) is 6.92 Å². The predicted molar refractivity (Wildman–Crippen MR) is 74.7 cm³/mol. The number of aromatic amines is 1. The first kappa shape index (κ1) is 12.4. The average Bonchev–Trinajstić information content (AvgIpc) is 3.00. The molecule has 2 N–H and O–H groups in total. The highest BCUT2D eigenvalue weighted by Crippen LogP contribution is 2.16. The summed E-state index contributed by atoms with van der Waals surface area (Å²) in [4.78, 5) is 23.7. The summed E-state index contributed by atoms with van der Waals surface area (Å²) in [6.45, 7) is 3.65. The number of oxazole rings is 1. The van der Waals surface area contributed by atoms with E-state index in [9.17, 15) is 4.79 Å². The Balaban J connectivity index is 1.88. The second kappa shape index (κ2) is 4.80. The zero-order chi connectivity index (χ0) is 14.1. The van der Waals surface area contributed by atoms with E-state index in [0.29, 0.717) is 24.0 Å². The highest BCUT2D eigenvalue weighted by molar-refractivity contribution is 6.02. The molecule has 3 rings (SSSR count). The van der Waals surface area contributed by atoms with Crippen molar-refractivity contribution in [3.8, 4) is 0 Å². The van der Waals surface area contributed by atoms with Gasteiger partial charge >= 0.3 is 0 Å². The Labute approximate surface area is 115 Å². The number of H-pyrrole nitrogens is 1. The van der Waals surface area contributed by atoms with Gasteiger partial charge in [-0.25, -0.2) is 9.97 Å². The molecule has 102 valence electrons. The molecule has 3 aromatic rings. The van der Waals surface area contributed by atoms with Crippen molar-refractivity contribution in [3.05, 3.63) is 41.6 Å². The third-order valence-corrected chi connectivity index (χ3v) is 2.97. The Hall–Kier alpha value is -2.63. The fourth-order valence-electron chi connectivity index (χ4n) is 2.06. The SMILES string of the molecule is CCc1nc(C)oc1C(=O)Nc1nc2ccccc2[nH]1. The summed E-state index contributed by atoms with van der Waals surface area (Å²) in [5, 5.41) is 2.70. The van der Waals surface area contributed by atoms with Gasteiger partial charge in [0.2, 0.25) is 11.7 Å². The van der Waals surface area contributed by atoms with Crippen molar-refractivity contribution in [2.45, 2.75) is 20.3 Å². The maximum atomic E-state index is 12.2. The number of benzene rings is 1. The van der Waals surface area contributed by atoms with E-state index in [1.807, 2.05) is 31.2 Å². The third-order valence-electron chi connectivity index (χ3n) is 2.97. The topological polar surface area (TPSA) is 83.8 Å². The van der Waals surface area contributed by atoms with Gasteiger partial charge in [0.25, 0.3) is 5.91 Å². The molecule has 0 aliphatic rings. The smallest absolute Gasteiger partial charge is 0.295 e. The molecule has 0 saturated heterocycles. The number of aryl methyl sites for hydroxylation is 2. The molecule has 0 radical (unpaired) electrons. The molecule has 6 heteroatoms. The fourth-order valence-corrected chi connectivity index (χ4v) is 2.06. The second-order valence-electron chi connectivity index (χ2n) is 4.42. The van der Waals surface area contributed by atoms with Gasteiger partial charge in [0.05, 0.1) is 16.7 Å². The van der Waals surface area contributed by atoms with E-state index >= 15 is 0 Å². The van der Waals surface area contributed by atoms with Crippen molar-refractivity contribution < 1.29 is 9.21 Å². The van der Waals surface area contributed by atoms with Crippen LogP contribution in [0.15, 0.2) is 28.7 Å². The fraction of sp³-hybridized carbons (Fsp3) is 0.214. The molecular weight excluding hydrogens is 256 g/mol. The van der Waals surface area contributed by atoms with E-state index in [-0.39, 0.29) is 11.7 Å². The van der Waals surface area contributed by atoms with Crippen molar-refractivity contribution in [1.29, 1.82) is 0 Å². The standard InChI is InChI=1S/C14H14N4O2/c1-3-9-12(20-8(2)15-9)13(19)18-14-16-10-6-4-5-7-11(10)17-14/h4-7H,3H2,1-2H3,(H2,16,17,18,19). The first-order valence-corrected chi connectivity index (χ1v) is 6.39. The minimum absolute atomic E-state index is 0.241. The van der Waals surface area contributed by atoms with Crippen LogP contribution in [0.4, 0.5) is 5.95 Å². The number of nitrogens with zero attached hydrogens (tertiary/aromatic N) is 2. The summed E-state index contributed by atoms with van der Waals surface area (Å²) in [5.41, 5.74) is 2.32. The van der Waals surface area contributed by atoms with Gasteiger partial charge in [-0.1, -0.05) is 19.1 Å². The van der Waals surface area contributed by atoms with Crippen LogP contribution in [0.1, 0.15) is 29.1 Å². The molecule has 0 fully saturated rings. The van der Waals surface area contributed by atoms with Crippen LogP contribution in [0.2, 0.25) is 0 Å². The normalized spacial score (nSPS) is 10.9. The quantitative estimate of drug-likeness (QED) is 0.766. The average molecular weight is 270 g/mol. The molecule has 1 amide bonds. The largest absolute Gasteiger partial charge is 0.436 e. The molecule has 2 heterocycles. The second-order valence-corrected chi connectivity index (χ2v) is 4.42. The van der Waals surface area contributed by atoms with E-state index in [4.69, 9.17) is 4.42 Å². The molecule has 0 unspecified atom stereocenters. The molecule has 0 saturated carbocycles. The van der Waals surface area contributed by atoms with Gasteiger partial charge in [-0.15, -0.1) is 0 Å². The molecule has 0 atom stereocenters.